The number of carbonyl (C=O) groups is 2. The lowest BCUT2D eigenvalue weighted by Gasteiger charge is -2.32. The zero-order chi connectivity index (χ0) is 26.2. The van der Waals surface area contributed by atoms with Crippen LogP contribution in [0.15, 0.2) is 48.5 Å². The number of hydrogen-bond acceptors (Lipinski definition) is 7. The first kappa shape index (κ1) is 27.6. The van der Waals surface area contributed by atoms with Crippen molar-refractivity contribution in [2.75, 3.05) is 30.8 Å². The zero-order valence-electron chi connectivity index (χ0n) is 20.1. The fourth-order valence-electron chi connectivity index (χ4n) is 3.51. The largest absolute Gasteiger partial charge is 0.497 e. The van der Waals surface area contributed by atoms with Crippen LogP contribution in [0.3, 0.4) is 0 Å². The number of nitrogens with zero attached hydrogens (tertiary/aromatic N) is 3. The molecule has 2 rings (SSSR count). The van der Waals surface area contributed by atoms with E-state index in [9.17, 15) is 28.1 Å². The van der Waals surface area contributed by atoms with Gasteiger partial charge >= 0.3 is 0 Å². The number of nitrogens with one attached hydrogen (secondary N) is 1. The molecule has 2 amide bonds. The molecule has 0 unspecified atom stereocenters. The molecule has 0 heterocycles. The summed E-state index contributed by atoms with van der Waals surface area (Å²) in [5, 5.41) is 13.9. The van der Waals surface area contributed by atoms with Crippen molar-refractivity contribution in [2.45, 2.75) is 32.9 Å². The minimum absolute atomic E-state index is 0.0227. The number of carbonyl (C=O) groups excluding carboxylic acids is 2. The van der Waals surface area contributed by atoms with Crippen LogP contribution in [0.5, 0.6) is 5.75 Å². The van der Waals surface area contributed by atoms with Crippen molar-refractivity contribution in [3.8, 4) is 5.75 Å². The van der Waals surface area contributed by atoms with Crippen LogP contribution in [0.25, 0.3) is 0 Å². The van der Waals surface area contributed by atoms with Crippen LogP contribution >= 0.6 is 0 Å². The lowest BCUT2D eigenvalue weighted by molar-refractivity contribution is -0.384. The molecule has 0 spiro atoms. The molecule has 0 radical (unpaired) electrons. The predicted octanol–water partition coefficient (Wildman–Crippen LogP) is 2.31. The van der Waals surface area contributed by atoms with Gasteiger partial charge in [0.15, 0.2) is 0 Å². The highest BCUT2D eigenvalue weighted by molar-refractivity contribution is 7.92. The molecular formula is C23H30N4O7S. The molecule has 1 atom stereocenters. The van der Waals surface area contributed by atoms with Crippen molar-refractivity contribution in [3.63, 3.8) is 0 Å². The van der Waals surface area contributed by atoms with Crippen molar-refractivity contribution in [3.05, 3.63) is 64.2 Å². The van der Waals surface area contributed by atoms with E-state index >= 15 is 0 Å². The summed E-state index contributed by atoms with van der Waals surface area (Å²) in [7, 11) is -2.46. The highest BCUT2D eigenvalue weighted by Gasteiger charge is 2.31. The molecule has 0 fully saturated rings. The van der Waals surface area contributed by atoms with E-state index in [-0.39, 0.29) is 23.8 Å². The number of benzene rings is 2. The zero-order valence-corrected chi connectivity index (χ0v) is 20.9. The Morgan fingerprint density at radius 1 is 1.14 bits per heavy atom. The van der Waals surface area contributed by atoms with Gasteiger partial charge in [-0.2, -0.15) is 0 Å². The number of likely N-dealkylation sites (N-methyl/N-ethyl adjacent to an activating group) is 1. The molecule has 35 heavy (non-hydrogen) atoms. The first-order chi connectivity index (χ1) is 16.5. The molecule has 2 aromatic carbocycles. The average Bonchev–Trinajstić information content (AvgIpc) is 2.82. The van der Waals surface area contributed by atoms with Crippen molar-refractivity contribution < 1.29 is 27.7 Å². The molecule has 12 heteroatoms. The first-order valence-corrected chi connectivity index (χ1v) is 12.8. The second kappa shape index (κ2) is 12.2. The summed E-state index contributed by atoms with van der Waals surface area (Å²) in [5.41, 5.74) is 0.376. The minimum atomic E-state index is -3.99. The molecule has 0 aliphatic carbocycles. The maximum absolute atomic E-state index is 13.5. The Kier molecular flexibility index (Phi) is 9.58. The molecule has 0 aromatic heterocycles. The van der Waals surface area contributed by atoms with Crippen LogP contribution in [-0.4, -0.2) is 62.6 Å². The Bertz CT molecular complexity index is 1150. The lowest BCUT2D eigenvalue weighted by Crippen LogP contribution is -2.52. The molecule has 190 valence electrons. The third kappa shape index (κ3) is 7.41. The molecule has 0 bridgehead atoms. The van der Waals surface area contributed by atoms with Gasteiger partial charge in [0.2, 0.25) is 21.8 Å². The number of non-ortho nitro benzene ring substituents is 1. The fourth-order valence-corrected chi connectivity index (χ4v) is 4.36. The molecule has 1 N–H and O–H groups in total. The van der Waals surface area contributed by atoms with Gasteiger partial charge in [0, 0.05) is 25.2 Å². The first-order valence-electron chi connectivity index (χ1n) is 10.9. The summed E-state index contributed by atoms with van der Waals surface area (Å²) in [5.74, 6) is -0.370. The smallest absolute Gasteiger partial charge is 0.271 e. The van der Waals surface area contributed by atoms with Crippen LogP contribution in [0.1, 0.15) is 25.8 Å². The number of anilines is 1. The number of rotatable bonds is 12. The van der Waals surface area contributed by atoms with E-state index in [0.717, 1.165) is 16.6 Å². The Morgan fingerprint density at radius 2 is 1.80 bits per heavy atom. The third-order valence-corrected chi connectivity index (χ3v) is 6.40. The molecular weight excluding hydrogens is 476 g/mol. The Hall–Kier alpha value is -3.67. The Labute approximate surface area is 204 Å². The summed E-state index contributed by atoms with van der Waals surface area (Å²) in [4.78, 5) is 38.1. The van der Waals surface area contributed by atoms with E-state index in [2.05, 4.69) is 5.32 Å². The number of amides is 2. The number of ether oxygens (including phenoxy) is 1. The summed E-state index contributed by atoms with van der Waals surface area (Å²) < 4.78 is 31.1. The van der Waals surface area contributed by atoms with Crippen LogP contribution in [-0.2, 0) is 26.2 Å². The normalized spacial score (nSPS) is 11.9. The highest BCUT2D eigenvalue weighted by atomic mass is 32.2. The molecule has 0 aliphatic heterocycles. The lowest BCUT2D eigenvalue weighted by atomic mass is 10.1. The van der Waals surface area contributed by atoms with Crippen LogP contribution in [0.4, 0.5) is 11.4 Å². The Balaban J connectivity index is 2.45. The van der Waals surface area contributed by atoms with Crippen molar-refractivity contribution in [1.29, 1.82) is 0 Å². The van der Waals surface area contributed by atoms with E-state index in [1.165, 1.54) is 30.2 Å². The van der Waals surface area contributed by atoms with Gasteiger partial charge in [-0.15, -0.1) is 0 Å². The molecule has 11 nitrogen and oxygen atoms in total. The number of sulfonamides is 1. The van der Waals surface area contributed by atoms with E-state index in [1.807, 2.05) is 0 Å². The molecule has 0 saturated carbocycles. The van der Waals surface area contributed by atoms with E-state index < -0.39 is 33.4 Å². The van der Waals surface area contributed by atoms with Crippen molar-refractivity contribution in [2.24, 2.45) is 0 Å². The quantitative estimate of drug-likeness (QED) is 0.344. The number of methoxy groups -OCH3 is 1. The SMILES string of the molecule is CCNC(=O)[C@@H](CC)N(Cc1ccc(OC)cc1)C(=O)CN(c1cccc([N+](=O)[O-])c1)S(C)(=O)=O. The maximum atomic E-state index is 13.5. The fraction of sp³-hybridized carbons (Fsp3) is 0.391. The van der Waals surface area contributed by atoms with E-state index in [0.29, 0.717) is 24.3 Å². The average molecular weight is 507 g/mol. The standard InChI is InChI=1S/C23H30N4O7S/c1-5-21(23(29)24-6-2)25(15-17-10-12-20(34-3)13-11-17)22(28)16-26(35(4,32)33)18-8-7-9-19(14-18)27(30)31/h7-14,21H,5-6,15-16H2,1-4H3,(H,24,29)/t21-/m1/s1. The number of nitro benzene ring substituents is 1. The molecule has 2 aromatic rings. The van der Waals surface area contributed by atoms with Gasteiger partial charge in [-0.05, 0) is 37.1 Å². The van der Waals surface area contributed by atoms with Crippen LogP contribution in [0, 0.1) is 10.1 Å². The van der Waals surface area contributed by atoms with Gasteiger partial charge in [-0.25, -0.2) is 8.42 Å². The number of hydrogen-bond donors (Lipinski definition) is 1. The second-order valence-corrected chi connectivity index (χ2v) is 9.64. The van der Waals surface area contributed by atoms with Crippen molar-refractivity contribution >= 4 is 33.2 Å². The van der Waals surface area contributed by atoms with Crippen LogP contribution in [0.2, 0.25) is 0 Å². The summed E-state index contributed by atoms with van der Waals surface area (Å²) in [6, 6.07) is 11.1. The monoisotopic (exact) mass is 506 g/mol. The molecule has 0 saturated heterocycles. The predicted molar refractivity (Wildman–Crippen MR) is 132 cm³/mol. The van der Waals surface area contributed by atoms with Crippen LogP contribution < -0.4 is 14.4 Å². The van der Waals surface area contributed by atoms with Crippen molar-refractivity contribution in [1.82, 2.24) is 10.2 Å². The maximum Gasteiger partial charge on any atom is 0.271 e. The summed E-state index contributed by atoms with van der Waals surface area (Å²) in [6.07, 6.45) is 1.21. The van der Waals surface area contributed by atoms with Gasteiger partial charge in [-0.3, -0.25) is 24.0 Å². The summed E-state index contributed by atoms with van der Waals surface area (Å²) >= 11 is 0. The van der Waals surface area contributed by atoms with Gasteiger partial charge in [0.05, 0.1) is 24.0 Å². The third-order valence-electron chi connectivity index (χ3n) is 5.26. The van der Waals surface area contributed by atoms with E-state index in [1.54, 1.807) is 38.1 Å². The van der Waals surface area contributed by atoms with E-state index in [4.69, 9.17) is 4.74 Å². The number of nitro groups is 1. The van der Waals surface area contributed by atoms with Gasteiger partial charge in [0.1, 0.15) is 18.3 Å². The van der Waals surface area contributed by atoms with Gasteiger partial charge in [0.25, 0.3) is 5.69 Å². The van der Waals surface area contributed by atoms with Gasteiger partial charge < -0.3 is 15.0 Å². The highest BCUT2D eigenvalue weighted by Crippen LogP contribution is 2.24. The minimum Gasteiger partial charge on any atom is -0.497 e. The summed E-state index contributed by atoms with van der Waals surface area (Å²) in [6.45, 7) is 3.29. The second-order valence-electron chi connectivity index (χ2n) is 7.73. The topological polar surface area (TPSA) is 139 Å². The molecule has 0 aliphatic rings. The van der Waals surface area contributed by atoms with Gasteiger partial charge in [-0.1, -0.05) is 25.1 Å². The Morgan fingerprint density at radius 3 is 2.31 bits per heavy atom.